The maximum Gasteiger partial charge on any atom is 0.296 e. The van der Waals surface area contributed by atoms with Gasteiger partial charge in [0.2, 0.25) is 0 Å². The number of fused-ring (bicyclic) bond motifs is 1. The molecule has 40 heavy (non-hydrogen) atoms. The SMILES string of the molecule is CCCCCOc1ccc(C2C(C(=O)/C=C/c3ccccc3)=C(O)C(=O)N2c2nc3c(C)cc(C)cc3s2)cc1. The maximum absolute atomic E-state index is 13.6. The van der Waals surface area contributed by atoms with E-state index in [1.807, 2.05) is 80.6 Å². The number of ketones is 1. The molecule has 1 unspecified atom stereocenters. The van der Waals surface area contributed by atoms with E-state index in [1.54, 1.807) is 6.08 Å². The lowest BCUT2D eigenvalue weighted by atomic mass is 9.95. The van der Waals surface area contributed by atoms with Crippen molar-refractivity contribution in [2.45, 2.75) is 46.1 Å². The topological polar surface area (TPSA) is 79.7 Å². The smallest absolute Gasteiger partial charge is 0.296 e. The fourth-order valence-electron chi connectivity index (χ4n) is 4.95. The first-order valence-corrected chi connectivity index (χ1v) is 14.3. The van der Waals surface area contributed by atoms with Gasteiger partial charge in [-0.15, -0.1) is 0 Å². The van der Waals surface area contributed by atoms with E-state index in [0.717, 1.165) is 46.2 Å². The summed E-state index contributed by atoms with van der Waals surface area (Å²) >= 11 is 1.37. The van der Waals surface area contributed by atoms with Crippen LogP contribution in [0.4, 0.5) is 5.13 Å². The number of aryl methyl sites for hydroxylation is 2. The van der Waals surface area contributed by atoms with Crippen LogP contribution in [-0.4, -0.2) is 28.4 Å². The molecule has 5 rings (SSSR count). The van der Waals surface area contributed by atoms with Gasteiger partial charge in [-0.2, -0.15) is 0 Å². The molecular weight excluding hydrogens is 520 g/mol. The van der Waals surface area contributed by atoms with Crippen LogP contribution in [0.2, 0.25) is 0 Å². The molecule has 0 bridgehead atoms. The Hall–Kier alpha value is -4.23. The van der Waals surface area contributed by atoms with Gasteiger partial charge in [0, 0.05) is 0 Å². The largest absolute Gasteiger partial charge is 0.503 e. The summed E-state index contributed by atoms with van der Waals surface area (Å²) in [7, 11) is 0. The first-order chi connectivity index (χ1) is 19.4. The summed E-state index contributed by atoms with van der Waals surface area (Å²) < 4.78 is 6.82. The fourth-order valence-corrected chi connectivity index (χ4v) is 6.11. The molecular formula is C33H32N2O4S. The van der Waals surface area contributed by atoms with Crippen LogP contribution in [0.15, 0.2) is 84.1 Å². The molecule has 0 saturated carbocycles. The molecule has 3 aromatic carbocycles. The number of nitrogens with zero attached hydrogens (tertiary/aromatic N) is 2. The Morgan fingerprint density at radius 3 is 2.55 bits per heavy atom. The van der Waals surface area contributed by atoms with Crippen molar-refractivity contribution in [3.05, 3.63) is 106 Å². The van der Waals surface area contributed by atoms with E-state index in [0.29, 0.717) is 23.1 Å². The van der Waals surface area contributed by atoms with Gasteiger partial charge in [0.1, 0.15) is 5.75 Å². The number of anilines is 1. The number of amides is 1. The van der Waals surface area contributed by atoms with Gasteiger partial charge in [0.15, 0.2) is 16.7 Å². The Morgan fingerprint density at radius 1 is 1.07 bits per heavy atom. The lowest BCUT2D eigenvalue weighted by Gasteiger charge is -2.24. The minimum absolute atomic E-state index is 0.0287. The summed E-state index contributed by atoms with van der Waals surface area (Å²) in [6.45, 7) is 6.78. The summed E-state index contributed by atoms with van der Waals surface area (Å²) in [4.78, 5) is 33.3. The number of carbonyl (C=O) groups excluding carboxylic acids is 2. The monoisotopic (exact) mass is 552 g/mol. The summed E-state index contributed by atoms with van der Waals surface area (Å²) in [6.07, 6.45) is 6.28. The number of benzene rings is 3. The van der Waals surface area contributed by atoms with Crippen LogP contribution in [-0.2, 0) is 9.59 Å². The van der Waals surface area contributed by atoms with E-state index in [2.05, 4.69) is 6.92 Å². The molecule has 204 valence electrons. The molecule has 1 amide bonds. The third-order valence-electron chi connectivity index (χ3n) is 6.94. The molecule has 1 aliphatic rings. The molecule has 0 saturated heterocycles. The number of ether oxygens (including phenoxy) is 1. The third-order valence-corrected chi connectivity index (χ3v) is 7.94. The van der Waals surface area contributed by atoms with Crippen molar-refractivity contribution in [3.8, 4) is 5.75 Å². The number of unbranched alkanes of at least 4 members (excludes halogenated alkanes) is 2. The number of rotatable bonds is 10. The van der Waals surface area contributed by atoms with Gasteiger partial charge in [0.05, 0.1) is 28.4 Å². The number of aliphatic hydroxyl groups is 1. The van der Waals surface area contributed by atoms with E-state index >= 15 is 0 Å². The summed E-state index contributed by atoms with van der Waals surface area (Å²) in [5.74, 6) is -0.920. The standard InChI is InChI=1S/C33H32N2O4S/c1-4-5-9-18-39-25-15-13-24(14-16-25)30-28(26(36)17-12-23-10-7-6-8-11-23)31(37)32(38)35(30)33-34-29-22(3)19-21(2)20-27(29)40-33/h6-8,10-17,19-20,30,37H,4-5,9,18H2,1-3H3/b17-12+. The Morgan fingerprint density at radius 2 is 1.82 bits per heavy atom. The van der Waals surface area contributed by atoms with E-state index in [9.17, 15) is 14.7 Å². The van der Waals surface area contributed by atoms with Crippen LogP contribution in [0.3, 0.4) is 0 Å². The highest BCUT2D eigenvalue weighted by atomic mass is 32.1. The number of aromatic nitrogens is 1. The van der Waals surface area contributed by atoms with E-state index < -0.39 is 23.5 Å². The van der Waals surface area contributed by atoms with Gasteiger partial charge in [-0.1, -0.05) is 85.7 Å². The molecule has 1 aliphatic heterocycles. The van der Waals surface area contributed by atoms with Crippen LogP contribution in [0.5, 0.6) is 5.75 Å². The molecule has 0 radical (unpaired) electrons. The lowest BCUT2D eigenvalue weighted by Crippen LogP contribution is -2.30. The zero-order valence-corrected chi connectivity index (χ0v) is 23.7. The predicted molar refractivity (Wildman–Crippen MR) is 161 cm³/mol. The number of hydrogen-bond acceptors (Lipinski definition) is 6. The zero-order valence-electron chi connectivity index (χ0n) is 22.9. The minimum atomic E-state index is -0.837. The number of carbonyl (C=O) groups is 2. The van der Waals surface area contributed by atoms with Crippen LogP contribution >= 0.6 is 11.3 Å². The average Bonchev–Trinajstić information content (AvgIpc) is 3.49. The quantitative estimate of drug-likeness (QED) is 0.161. The van der Waals surface area contributed by atoms with E-state index in [-0.39, 0.29) is 5.57 Å². The Balaban J connectivity index is 1.54. The normalized spacial score (nSPS) is 15.5. The van der Waals surface area contributed by atoms with Crippen molar-refractivity contribution in [2.24, 2.45) is 0 Å². The molecule has 1 N–H and O–H groups in total. The summed E-state index contributed by atoms with van der Waals surface area (Å²) in [5, 5.41) is 11.5. The Bertz CT molecular complexity index is 1600. The van der Waals surface area contributed by atoms with Gasteiger partial charge in [-0.25, -0.2) is 4.98 Å². The molecule has 1 atom stereocenters. The van der Waals surface area contributed by atoms with Crippen LogP contribution in [0, 0.1) is 13.8 Å². The highest BCUT2D eigenvalue weighted by molar-refractivity contribution is 7.22. The van der Waals surface area contributed by atoms with Gasteiger partial charge in [-0.3, -0.25) is 14.5 Å². The summed E-state index contributed by atoms with van der Waals surface area (Å²) in [6, 6.07) is 20.0. The zero-order chi connectivity index (χ0) is 28.2. The molecule has 0 aliphatic carbocycles. The van der Waals surface area contributed by atoms with Crippen LogP contribution in [0.25, 0.3) is 16.3 Å². The number of aliphatic hydroxyl groups excluding tert-OH is 1. The average molecular weight is 553 g/mol. The molecule has 2 heterocycles. The van der Waals surface area contributed by atoms with Crippen molar-refractivity contribution in [1.29, 1.82) is 0 Å². The Kier molecular flexibility index (Phi) is 8.12. The van der Waals surface area contributed by atoms with Crippen molar-refractivity contribution in [3.63, 3.8) is 0 Å². The van der Waals surface area contributed by atoms with Gasteiger partial charge in [0.25, 0.3) is 5.91 Å². The van der Waals surface area contributed by atoms with Gasteiger partial charge >= 0.3 is 0 Å². The molecule has 4 aromatic rings. The molecule has 0 fully saturated rings. The second-order valence-corrected chi connectivity index (χ2v) is 11.0. The van der Waals surface area contributed by atoms with Crippen molar-refractivity contribution < 1.29 is 19.4 Å². The minimum Gasteiger partial charge on any atom is -0.503 e. The van der Waals surface area contributed by atoms with Crippen LogP contribution < -0.4 is 9.64 Å². The van der Waals surface area contributed by atoms with Crippen molar-refractivity contribution >= 4 is 44.5 Å². The third kappa shape index (κ3) is 5.56. The van der Waals surface area contributed by atoms with Crippen LogP contribution in [0.1, 0.15) is 54.5 Å². The molecule has 1 aromatic heterocycles. The number of hydrogen-bond donors (Lipinski definition) is 1. The van der Waals surface area contributed by atoms with E-state index in [4.69, 9.17) is 9.72 Å². The first kappa shape index (κ1) is 27.3. The second-order valence-electron chi connectivity index (χ2n) is 10.00. The highest BCUT2D eigenvalue weighted by Gasteiger charge is 2.45. The first-order valence-electron chi connectivity index (χ1n) is 13.5. The fraction of sp³-hybridized carbons (Fsp3) is 0.242. The molecule has 7 heteroatoms. The maximum atomic E-state index is 13.6. The summed E-state index contributed by atoms with van der Waals surface area (Å²) in [5.41, 5.74) is 4.46. The predicted octanol–water partition coefficient (Wildman–Crippen LogP) is 7.66. The van der Waals surface area contributed by atoms with Crippen molar-refractivity contribution in [2.75, 3.05) is 11.5 Å². The molecule has 0 spiro atoms. The van der Waals surface area contributed by atoms with E-state index in [1.165, 1.54) is 22.3 Å². The van der Waals surface area contributed by atoms with Crippen molar-refractivity contribution in [1.82, 2.24) is 4.98 Å². The number of allylic oxidation sites excluding steroid dienone is 1. The number of thiazole rings is 1. The highest BCUT2D eigenvalue weighted by Crippen LogP contribution is 2.44. The Labute approximate surface area is 238 Å². The van der Waals surface area contributed by atoms with Gasteiger partial charge in [-0.05, 0) is 66.8 Å². The lowest BCUT2D eigenvalue weighted by molar-refractivity contribution is -0.117. The second kappa shape index (κ2) is 11.9. The van der Waals surface area contributed by atoms with Gasteiger partial charge < -0.3 is 9.84 Å². The molecule has 6 nitrogen and oxygen atoms in total.